The summed E-state index contributed by atoms with van der Waals surface area (Å²) in [6.45, 7) is 3.82. The highest BCUT2D eigenvalue weighted by Gasteiger charge is 2.15. The van der Waals surface area contributed by atoms with Crippen LogP contribution in [0.1, 0.15) is 23.9 Å². The van der Waals surface area contributed by atoms with E-state index in [1.54, 1.807) is 19.1 Å². The van der Waals surface area contributed by atoms with E-state index in [4.69, 9.17) is 14.2 Å². The van der Waals surface area contributed by atoms with Gasteiger partial charge in [0.15, 0.2) is 18.1 Å². The molecule has 2 aromatic carbocycles. The SMILES string of the molecule is CCOC(=O)COc1c(I)cc(/C=C(/C#N)c2nc3ccc(C)cc3[nH]2)cc1OC. The van der Waals surface area contributed by atoms with E-state index in [2.05, 4.69) is 38.6 Å². The molecule has 0 spiro atoms. The Bertz CT molecular complexity index is 1160. The minimum Gasteiger partial charge on any atom is -0.493 e. The number of esters is 1. The highest BCUT2D eigenvalue weighted by atomic mass is 127. The molecule has 154 valence electrons. The van der Waals surface area contributed by atoms with Crippen LogP contribution in [0.15, 0.2) is 30.3 Å². The molecular formula is C22H20IN3O4. The number of hydrogen-bond donors (Lipinski definition) is 1. The number of halogens is 1. The fourth-order valence-electron chi connectivity index (χ4n) is 2.87. The fraction of sp³-hybridized carbons (Fsp3) is 0.227. The summed E-state index contributed by atoms with van der Waals surface area (Å²) in [7, 11) is 1.52. The molecule has 1 aromatic heterocycles. The van der Waals surface area contributed by atoms with Gasteiger partial charge in [0.05, 0.1) is 33.9 Å². The second kappa shape index (κ2) is 9.63. The number of ether oxygens (including phenoxy) is 3. The maximum absolute atomic E-state index is 11.6. The number of aromatic nitrogens is 2. The number of benzene rings is 2. The number of fused-ring (bicyclic) bond motifs is 1. The van der Waals surface area contributed by atoms with Crippen molar-refractivity contribution in [3.8, 4) is 17.6 Å². The molecule has 0 bridgehead atoms. The molecule has 0 amide bonds. The van der Waals surface area contributed by atoms with Gasteiger partial charge in [0, 0.05) is 0 Å². The first-order valence-corrected chi connectivity index (χ1v) is 10.3. The van der Waals surface area contributed by atoms with Gasteiger partial charge in [-0.05, 0) is 77.9 Å². The lowest BCUT2D eigenvalue weighted by Crippen LogP contribution is -2.15. The molecule has 0 fully saturated rings. The zero-order chi connectivity index (χ0) is 21.7. The van der Waals surface area contributed by atoms with Crippen molar-refractivity contribution >= 4 is 51.2 Å². The quantitative estimate of drug-likeness (QED) is 0.282. The Morgan fingerprint density at radius 2 is 2.13 bits per heavy atom. The standard InChI is InChI=1S/C22H20IN3O4/c1-4-29-20(27)12-30-21-16(23)9-14(10-19(21)28-3)8-15(11-24)22-25-17-6-5-13(2)7-18(17)26-22/h5-10H,4,12H2,1-3H3,(H,25,26)/b15-8-. The summed E-state index contributed by atoms with van der Waals surface area (Å²) in [6, 6.07) is 11.7. The van der Waals surface area contributed by atoms with Crippen LogP contribution in [0.3, 0.4) is 0 Å². The zero-order valence-corrected chi connectivity index (χ0v) is 18.9. The van der Waals surface area contributed by atoms with Crippen LogP contribution in [-0.2, 0) is 9.53 Å². The molecule has 0 aliphatic heterocycles. The third kappa shape index (κ3) is 4.91. The van der Waals surface area contributed by atoms with Gasteiger partial charge in [0.2, 0.25) is 0 Å². The van der Waals surface area contributed by atoms with Crippen LogP contribution in [0.2, 0.25) is 0 Å². The van der Waals surface area contributed by atoms with E-state index in [1.165, 1.54) is 7.11 Å². The minimum atomic E-state index is -0.453. The van der Waals surface area contributed by atoms with Gasteiger partial charge in [0.25, 0.3) is 0 Å². The number of methoxy groups -OCH3 is 1. The number of aryl methyl sites for hydroxylation is 1. The van der Waals surface area contributed by atoms with Crippen molar-refractivity contribution in [1.82, 2.24) is 9.97 Å². The van der Waals surface area contributed by atoms with E-state index in [-0.39, 0.29) is 6.61 Å². The number of imidazole rings is 1. The van der Waals surface area contributed by atoms with Gasteiger partial charge >= 0.3 is 5.97 Å². The summed E-state index contributed by atoms with van der Waals surface area (Å²) in [5.74, 6) is 0.942. The maximum Gasteiger partial charge on any atom is 0.344 e. The van der Waals surface area contributed by atoms with E-state index in [9.17, 15) is 10.1 Å². The lowest BCUT2D eigenvalue weighted by atomic mass is 10.1. The number of nitriles is 1. The van der Waals surface area contributed by atoms with E-state index in [0.29, 0.717) is 29.5 Å². The van der Waals surface area contributed by atoms with Crippen LogP contribution in [0.4, 0.5) is 0 Å². The molecule has 0 radical (unpaired) electrons. The number of carbonyl (C=O) groups excluding carboxylic acids is 1. The lowest BCUT2D eigenvalue weighted by molar-refractivity contribution is -0.145. The number of carbonyl (C=O) groups is 1. The van der Waals surface area contributed by atoms with Gasteiger partial charge in [-0.1, -0.05) is 6.07 Å². The normalized spacial score (nSPS) is 11.2. The molecule has 0 aliphatic carbocycles. The third-order valence-electron chi connectivity index (χ3n) is 4.22. The van der Waals surface area contributed by atoms with Gasteiger partial charge in [-0.25, -0.2) is 9.78 Å². The van der Waals surface area contributed by atoms with Gasteiger partial charge in [-0.2, -0.15) is 5.26 Å². The Balaban J connectivity index is 1.93. The van der Waals surface area contributed by atoms with Crippen molar-refractivity contribution in [2.75, 3.05) is 20.3 Å². The van der Waals surface area contributed by atoms with Crippen LogP contribution in [0.25, 0.3) is 22.7 Å². The predicted molar refractivity (Wildman–Crippen MR) is 122 cm³/mol. The molecule has 1 N–H and O–H groups in total. The van der Waals surface area contributed by atoms with Crippen molar-refractivity contribution in [1.29, 1.82) is 5.26 Å². The number of allylic oxidation sites excluding steroid dienone is 1. The monoisotopic (exact) mass is 517 g/mol. The summed E-state index contributed by atoms with van der Waals surface area (Å²) < 4.78 is 16.6. The lowest BCUT2D eigenvalue weighted by Gasteiger charge is -2.13. The first kappa shape index (κ1) is 21.6. The Morgan fingerprint density at radius 3 is 2.83 bits per heavy atom. The average Bonchev–Trinajstić information content (AvgIpc) is 3.13. The van der Waals surface area contributed by atoms with Crippen LogP contribution < -0.4 is 9.47 Å². The number of H-pyrrole nitrogens is 1. The summed E-state index contributed by atoms with van der Waals surface area (Å²) in [6.07, 6.45) is 1.73. The molecule has 3 rings (SSSR count). The van der Waals surface area contributed by atoms with Crippen molar-refractivity contribution in [3.05, 3.63) is 50.9 Å². The van der Waals surface area contributed by atoms with Crippen LogP contribution in [0, 0.1) is 21.8 Å². The van der Waals surface area contributed by atoms with Gasteiger partial charge < -0.3 is 19.2 Å². The van der Waals surface area contributed by atoms with Crippen LogP contribution >= 0.6 is 22.6 Å². The summed E-state index contributed by atoms with van der Waals surface area (Å²) in [5.41, 5.74) is 3.92. The van der Waals surface area contributed by atoms with E-state index < -0.39 is 5.97 Å². The topological polar surface area (TPSA) is 97.2 Å². The van der Waals surface area contributed by atoms with Crippen LogP contribution in [-0.4, -0.2) is 36.3 Å². The number of rotatable bonds is 7. The Hall–Kier alpha value is -3.06. The molecular weight excluding hydrogens is 497 g/mol. The Morgan fingerprint density at radius 1 is 1.33 bits per heavy atom. The number of nitrogens with zero attached hydrogens (tertiary/aromatic N) is 2. The van der Waals surface area contributed by atoms with Crippen molar-refractivity contribution < 1.29 is 19.0 Å². The smallest absolute Gasteiger partial charge is 0.344 e. The molecule has 0 saturated carbocycles. The molecule has 0 unspecified atom stereocenters. The second-order valence-corrected chi connectivity index (χ2v) is 7.57. The molecule has 30 heavy (non-hydrogen) atoms. The maximum atomic E-state index is 11.6. The Labute approximate surface area is 187 Å². The van der Waals surface area contributed by atoms with Crippen molar-refractivity contribution in [2.24, 2.45) is 0 Å². The molecule has 7 nitrogen and oxygen atoms in total. The highest BCUT2D eigenvalue weighted by Crippen LogP contribution is 2.35. The molecule has 1 heterocycles. The first-order chi connectivity index (χ1) is 14.4. The van der Waals surface area contributed by atoms with Crippen molar-refractivity contribution in [2.45, 2.75) is 13.8 Å². The van der Waals surface area contributed by atoms with Gasteiger partial charge in [-0.15, -0.1) is 0 Å². The molecule has 3 aromatic rings. The molecule has 0 saturated heterocycles. The van der Waals surface area contributed by atoms with Crippen LogP contribution in [0.5, 0.6) is 11.5 Å². The predicted octanol–water partition coefficient (Wildman–Crippen LogP) is 4.49. The molecule has 0 atom stereocenters. The summed E-state index contributed by atoms with van der Waals surface area (Å²) >= 11 is 2.10. The summed E-state index contributed by atoms with van der Waals surface area (Å²) in [5, 5.41) is 9.68. The molecule has 8 heteroatoms. The highest BCUT2D eigenvalue weighted by molar-refractivity contribution is 14.1. The Kier molecular flexibility index (Phi) is 6.95. The van der Waals surface area contributed by atoms with E-state index >= 15 is 0 Å². The average molecular weight is 517 g/mol. The van der Waals surface area contributed by atoms with Gasteiger partial charge in [-0.3, -0.25) is 0 Å². The number of hydrogen-bond acceptors (Lipinski definition) is 6. The largest absolute Gasteiger partial charge is 0.493 e. The molecule has 0 aliphatic rings. The third-order valence-corrected chi connectivity index (χ3v) is 5.02. The van der Waals surface area contributed by atoms with E-state index in [1.807, 2.05) is 31.2 Å². The van der Waals surface area contributed by atoms with E-state index in [0.717, 1.165) is 25.7 Å². The second-order valence-electron chi connectivity index (χ2n) is 6.40. The fourth-order valence-corrected chi connectivity index (χ4v) is 3.65. The first-order valence-electron chi connectivity index (χ1n) is 9.19. The van der Waals surface area contributed by atoms with Gasteiger partial charge in [0.1, 0.15) is 11.9 Å². The van der Waals surface area contributed by atoms with Crippen molar-refractivity contribution in [3.63, 3.8) is 0 Å². The summed E-state index contributed by atoms with van der Waals surface area (Å²) in [4.78, 5) is 19.3. The minimum absolute atomic E-state index is 0.211. The number of nitrogens with one attached hydrogen (secondary N) is 1. The number of aromatic amines is 1. The zero-order valence-electron chi connectivity index (χ0n) is 16.8.